The lowest BCUT2D eigenvalue weighted by Gasteiger charge is -2.31. The molecule has 1 heterocycles. The summed E-state index contributed by atoms with van der Waals surface area (Å²) in [6, 6.07) is 82.3. The number of benzene rings is 10. The molecular formula is C60H40N2O. The zero-order valence-electron chi connectivity index (χ0n) is 34.7. The molecular weight excluding hydrogens is 765 g/mol. The van der Waals surface area contributed by atoms with Crippen LogP contribution in [0.1, 0.15) is 22.3 Å². The Balaban J connectivity index is 1.01. The summed E-state index contributed by atoms with van der Waals surface area (Å²) < 4.78 is 8.70. The predicted octanol–water partition coefficient (Wildman–Crippen LogP) is 15.4. The minimum atomic E-state index is -0.434. The van der Waals surface area contributed by atoms with E-state index in [-0.39, 0.29) is 0 Å². The monoisotopic (exact) mass is 804 g/mol. The van der Waals surface area contributed by atoms with Crippen molar-refractivity contribution in [2.45, 2.75) is 5.41 Å². The highest BCUT2D eigenvalue weighted by atomic mass is 16.5. The second-order valence-electron chi connectivity index (χ2n) is 16.8. The number of aromatic nitrogens is 1. The van der Waals surface area contributed by atoms with Crippen molar-refractivity contribution in [2.75, 3.05) is 12.0 Å². The van der Waals surface area contributed by atoms with E-state index in [4.69, 9.17) is 4.74 Å². The summed E-state index contributed by atoms with van der Waals surface area (Å²) in [7, 11) is 1.78. The molecule has 0 amide bonds. The van der Waals surface area contributed by atoms with Gasteiger partial charge in [0.05, 0.1) is 29.2 Å². The van der Waals surface area contributed by atoms with Gasteiger partial charge in [0.15, 0.2) is 0 Å². The summed E-state index contributed by atoms with van der Waals surface area (Å²) in [5.74, 6) is 0.810. The fourth-order valence-corrected chi connectivity index (χ4v) is 11.1. The van der Waals surface area contributed by atoms with Crippen LogP contribution in [0.2, 0.25) is 0 Å². The molecule has 0 radical (unpaired) electrons. The van der Waals surface area contributed by atoms with E-state index >= 15 is 0 Å². The predicted molar refractivity (Wildman–Crippen MR) is 261 cm³/mol. The van der Waals surface area contributed by atoms with Crippen LogP contribution in [0.3, 0.4) is 0 Å². The van der Waals surface area contributed by atoms with Gasteiger partial charge in [-0.2, -0.15) is 0 Å². The largest absolute Gasteiger partial charge is 0.496 e. The Kier molecular flexibility index (Phi) is 7.73. The van der Waals surface area contributed by atoms with E-state index in [9.17, 15) is 0 Å². The van der Waals surface area contributed by atoms with Crippen LogP contribution in [-0.2, 0) is 5.41 Å². The number of hydrogen-bond donors (Lipinski definition) is 0. The molecule has 10 aromatic carbocycles. The number of fused-ring (bicyclic) bond motifs is 14. The van der Waals surface area contributed by atoms with Gasteiger partial charge >= 0.3 is 0 Å². The first-order chi connectivity index (χ1) is 31.2. The van der Waals surface area contributed by atoms with Crippen molar-refractivity contribution in [2.24, 2.45) is 0 Å². The Morgan fingerprint density at radius 1 is 0.397 bits per heavy atom. The van der Waals surface area contributed by atoms with Crippen molar-refractivity contribution in [3.63, 3.8) is 0 Å². The lowest BCUT2D eigenvalue weighted by atomic mass is 9.70. The molecule has 0 saturated carbocycles. The Morgan fingerprint density at radius 2 is 1.02 bits per heavy atom. The van der Waals surface area contributed by atoms with Crippen LogP contribution in [0.25, 0.3) is 71.6 Å². The van der Waals surface area contributed by atoms with Gasteiger partial charge in [0.1, 0.15) is 5.75 Å². The topological polar surface area (TPSA) is 17.4 Å². The zero-order chi connectivity index (χ0) is 41.6. The van der Waals surface area contributed by atoms with Gasteiger partial charge in [-0.25, -0.2) is 0 Å². The normalized spacial score (nSPS) is 13.0. The summed E-state index contributed by atoms with van der Waals surface area (Å²) >= 11 is 0. The van der Waals surface area contributed by atoms with Gasteiger partial charge in [-0.05, 0) is 122 Å². The quantitative estimate of drug-likeness (QED) is 0.167. The summed E-state index contributed by atoms with van der Waals surface area (Å²) in [5.41, 5.74) is 19.0. The van der Waals surface area contributed by atoms with Crippen LogP contribution >= 0.6 is 0 Å². The highest BCUT2D eigenvalue weighted by Crippen LogP contribution is 2.63. The van der Waals surface area contributed by atoms with Gasteiger partial charge in [0.25, 0.3) is 0 Å². The maximum atomic E-state index is 6.33. The minimum absolute atomic E-state index is 0.434. The van der Waals surface area contributed by atoms with Crippen LogP contribution in [0.5, 0.6) is 5.75 Å². The standard InChI is InChI=1S/C60H40N2O/c1-63-59-37-43(32-34-44(59)40-31-33-49-48-25-11-15-29-56(48)62(58(49)36-40)42-20-6-3-7-21-42)61(41-18-4-2-5-19-41)57-30-16-17-39-35-51-47-24-10-14-28-54(47)60(55(51)38-50(39)57)52-26-12-8-22-45(52)46-23-9-13-27-53(46)60/h2-38H,1H3. The number of rotatable bonds is 6. The number of anilines is 3. The maximum absolute atomic E-state index is 6.33. The number of ether oxygens (including phenoxy) is 1. The highest BCUT2D eigenvalue weighted by Gasteiger charge is 2.51. The van der Waals surface area contributed by atoms with Gasteiger partial charge in [-0.3, -0.25) is 0 Å². The smallest absolute Gasteiger partial charge is 0.128 e. The SMILES string of the molecule is COc1cc(N(c2ccccc2)c2cccc3cc4c(cc23)C2(c3ccccc3-c3ccccc32)c2ccccc2-4)ccc1-c1ccc2c3ccccc3n(-c3ccccc3)c2c1. The van der Waals surface area contributed by atoms with Crippen molar-refractivity contribution in [1.29, 1.82) is 0 Å². The summed E-state index contributed by atoms with van der Waals surface area (Å²) in [4.78, 5) is 2.39. The van der Waals surface area contributed by atoms with Gasteiger partial charge in [0, 0.05) is 44.9 Å². The zero-order valence-corrected chi connectivity index (χ0v) is 34.7. The van der Waals surface area contributed by atoms with Crippen LogP contribution in [0, 0.1) is 0 Å². The Hall–Kier alpha value is -8.14. The molecule has 63 heavy (non-hydrogen) atoms. The molecule has 0 atom stereocenters. The lowest BCUT2D eigenvalue weighted by molar-refractivity contribution is 0.416. The van der Waals surface area contributed by atoms with Crippen molar-refractivity contribution >= 4 is 49.6 Å². The van der Waals surface area contributed by atoms with Crippen molar-refractivity contribution in [3.05, 3.63) is 247 Å². The van der Waals surface area contributed by atoms with E-state index in [0.29, 0.717) is 0 Å². The molecule has 2 aliphatic carbocycles. The molecule has 0 saturated heterocycles. The van der Waals surface area contributed by atoms with Gasteiger partial charge < -0.3 is 14.2 Å². The first-order valence-corrected chi connectivity index (χ1v) is 21.7. The average molecular weight is 805 g/mol. The molecule has 1 aromatic heterocycles. The van der Waals surface area contributed by atoms with E-state index in [1.807, 2.05) is 0 Å². The molecule has 0 bridgehead atoms. The van der Waals surface area contributed by atoms with E-state index in [1.165, 1.54) is 71.6 Å². The van der Waals surface area contributed by atoms with Crippen LogP contribution < -0.4 is 9.64 Å². The van der Waals surface area contributed by atoms with Crippen molar-refractivity contribution in [1.82, 2.24) is 4.57 Å². The number of nitrogens with zero attached hydrogens (tertiary/aromatic N) is 2. The third-order valence-corrected chi connectivity index (χ3v) is 13.7. The Morgan fingerprint density at radius 3 is 1.73 bits per heavy atom. The molecule has 296 valence electrons. The fourth-order valence-electron chi connectivity index (χ4n) is 11.1. The Bertz CT molecular complexity index is 3580. The number of para-hydroxylation sites is 3. The molecule has 0 fully saturated rings. The minimum Gasteiger partial charge on any atom is -0.496 e. The number of methoxy groups -OCH3 is 1. The second kappa shape index (κ2) is 13.7. The van der Waals surface area contributed by atoms with Gasteiger partial charge in [-0.1, -0.05) is 152 Å². The van der Waals surface area contributed by atoms with Crippen LogP contribution in [-0.4, -0.2) is 11.7 Å². The van der Waals surface area contributed by atoms with Crippen molar-refractivity contribution < 1.29 is 4.74 Å². The number of hydrogen-bond acceptors (Lipinski definition) is 2. The highest BCUT2D eigenvalue weighted by molar-refractivity contribution is 6.11. The molecule has 0 unspecified atom stereocenters. The van der Waals surface area contributed by atoms with E-state index in [2.05, 4.69) is 234 Å². The molecule has 11 aromatic rings. The van der Waals surface area contributed by atoms with E-state index < -0.39 is 5.41 Å². The van der Waals surface area contributed by atoms with Gasteiger partial charge in [-0.15, -0.1) is 0 Å². The summed E-state index contributed by atoms with van der Waals surface area (Å²) in [5, 5.41) is 4.85. The van der Waals surface area contributed by atoms with Crippen LogP contribution in [0.15, 0.2) is 224 Å². The molecule has 3 nitrogen and oxygen atoms in total. The fraction of sp³-hybridized carbons (Fsp3) is 0.0333. The van der Waals surface area contributed by atoms with E-state index in [0.717, 1.165) is 45.1 Å². The third kappa shape index (κ3) is 5.02. The van der Waals surface area contributed by atoms with Crippen molar-refractivity contribution in [3.8, 4) is 44.8 Å². The Labute approximate surface area is 366 Å². The van der Waals surface area contributed by atoms with Crippen LogP contribution in [0.4, 0.5) is 17.1 Å². The van der Waals surface area contributed by atoms with Gasteiger partial charge in [0.2, 0.25) is 0 Å². The molecule has 1 spiro atoms. The second-order valence-corrected chi connectivity index (χ2v) is 16.8. The molecule has 0 N–H and O–H groups in total. The molecule has 13 rings (SSSR count). The summed E-state index contributed by atoms with van der Waals surface area (Å²) in [6.07, 6.45) is 0. The summed E-state index contributed by atoms with van der Waals surface area (Å²) in [6.45, 7) is 0. The first-order valence-electron chi connectivity index (χ1n) is 21.7. The first kappa shape index (κ1) is 35.6. The molecule has 0 aliphatic heterocycles. The average Bonchev–Trinajstić information content (AvgIpc) is 3.95. The third-order valence-electron chi connectivity index (χ3n) is 13.7. The molecule has 2 aliphatic rings. The van der Waals surface area contributed by atoms with E-state index in [1.54, 1.807) is 7.11 Å². The lowest BCUT2D eigenvalue weighted by Crippen LogP contribution is -2.25. The maximum Gasteiger partial charge on any atom is 0.128 e. The molecule has 3 heteroatoms.